The fourth-order valence-corrected chi connectivity index (χ4v) is 3.24. The van der Waals surface area contributed by atoms with E-state index in [2.05, 4.69) is 0 Å². The fourth-order valence-electron chi connectivity index (χ4n) is 2.09. The highest BCUT2D eigenvalue weighted by Crippen LogP contribution is 2.39. The molecule has 0 heterocycles. The van der Waals surface area contributed by atoms with Crippen LogP contribution in [-0.2, 0) is 4.43 Å². The maximum Gasteiger partial charge on any atom is 0.671 e. The average Bonchev–Trinajstić information content (AvgIpc) is 2.35. The Morgan fingerprint density at radius 3 is 1.27 bits per heavy atom. The summed E-state index contributed by atoms with van der Waals surface area (Å²) in [4.78, 5) is 25.5. The van der Waals surface area contributed by atoms with Crippen LogP contribution in [0, 0.1) is 5.41 Å². The summed E-state index contributed by atoms with van der Waals surface area (Å²) in [6, 6.07) is 0. The van der Waals surface area contributed by atoms with Gasteiger partial charge in [0.05, 0.1) is 0 Å². The molecule has 4 nitrogen and oxygen atoms in total. The van der Waals surface area contributed by atoms with Crippen molar-refractivity contribution in [3.05, 3.63) is 0 Å². The van der Waals surface area contributed by atoms with Crippen molar-refractivity contribution in [2.24, 2.45) is 5.41 Å². The molecule has 0 aliphatic heterocycles. The first-order chi connectivity index (χ1) is 9.96. The zero-order valence-electron chi connectivity index (χ0n) is 11.7. The minimum absolute atomic E-state index is 0.107. The van der Waals surface area contributed by atoms with Crippen molar-refractivity contribution in [3.63, 3.8) is 0 Å². The predicted octanol–water partition coefficient (Wildman–Crippen LogP) is 4.15. The molecule has 0 fully saturated rings. The third kappa shape index (κ3) is 13.1. The molecule has 0 unspecified atom stereocenters. The smallest absolute Gasteiger partial charge is 0.368 e. The van der Waals surface area contributed by atoms with Gasteiger partial charge in [-0.1, -0.05) is 0 Å². The number of alkyl halides is 6. The van der Waals surface area contributed by atoms with Gasteiger partial charge in [-0.05, 0) is 43.9 Å². The second-order valence-electron chi connectivity index (χ2n) is 5.15. The fraction of sp³-hybridized carbons (Fsp3) is 1.00. The van der Waals surface area contributed by atoms with Crippen LogP contribution >= 0.6 is 69.6 Å². The monoisotopic (exact) mass is 454 g/mol. The number of hydrogen-bond donors (Lipinski definition) is 3. The highest BCUT2D eigenvalue weighted by atomic mass is 35.5. The molecule has 0 amide bonds. The van der Waals surface area contributed by atoms with Crippen molar-refractivity contribution in [2.75, 3.05) is 6.61 Å². The normalized spacial score (nSPS) is 13.6. The van der Waals surface area contributed by atoms with Crippen LogP contribution in [0.2, 0.25) is 0 Å². The van der Waals surface area contributed by atoms with Crippen molar-refractivity contribution in [2.45, 2.75) is 53.0 Å². The first-order valence-corrected chi connectivity index (χ1v) is 11.0. The number of hydrogen-bond acceptors (Lipinski definition) is 4. The summed E-state index contributed by atoms with van der Waals surface area (Å²) in [6.07, 6.45) is 2.89. The second kappa shape index (κ2) is 11.4. The van der Waals surface area contributed by atoms with Gasteiger partial charge in [0.2, 0.25) is 0 Å². The molecule has 0 saturated carbocycles. The first kappa shape index (κ1) is 23.8. The SMILES string of the molecule is O[Si](O)(O)OCC(CCC(Cl)Cl)(CCC(Cl)Cl)CCC(Cl)Cl. The van der Waals surface area contributed by atoms with Gasteiger partial charge in [-0.15, -0.1) is 69.6 Å². The largest absolute Gasteiger partial charge is 0.671 e. The van der Waals surface area contributed by atoms with Crippen LogP contribution in [0.1, 0.15) is 38.5 Å². The lowest BCUT2D eigenvalue weighted by Gasteiger charge is -2.35. The van der Waals surface area contributed by atoms with Crippen LogP contribution in [0.4, 0.5) is 0 Å². The third-order valence-corrected chi connectivity index (χ3v) is 5.09. The van der Waals surface area contributed by atoms with E-state index < -0.39 is 29.0 Å². The molecule has 0 aromatic rings. The quantitative estimate of drug-likeness (QED) is 0.304. The van der Waals surface area contributed by atoms with E-state index in [0.717, 1.165) is 0 Å². The van der Waals surface area contributed by atoms with Crippen molar-refractivity contribution in [1.82, 2.24) is 0 Å². The van der Waals surface area contributed by atoms with E-state index in [1.807, 2.05) is 0 Å². The summed E-state index contributed by atoms with van der Waals surface area (Å²) < 4.78 is 4.84. The summed E-state index contributed by atoms with van der Waals surface area (Å²) in [5.41, 5.74) is -0.571. The van der Waals surface area contributed by atoms with E-state index in [9.17, 15) is 0 Å². The predicted molar refractivity (Wildman–Crippen MR) is 95.0 cm³/mol. The van der Waals surface area contributed by atoms with Gasteiger partial charge >= 0.3 is 9.05 Å². The van der Waals surface area contributed by atoms with E-state index in [1.54, 1.807) is 0 Å². The van der Waals surface area contributed by atoms with Gasteiger partial charge in [0.1, 0.15) is 14.5 Å². The maximum absolute atomic E-state index is 9.08. The summed E-state index contributed by atoms with van der Waals surface area (Å²) in [5, 5.41) is 0. The lowest BCUT2D eigenvalue weighted by Crippen LogP contribution is -2.43. The van der Waals surface area contributed by atoms with E-state index in [-0.39, 0.29) is 6.61 Å². The third-order valence-electron chi connectivity index (χ3n) is 3.25. The van der Waals surface area contributed by atoms with Gasteiger partial charge in [0.25, 0.3) is 0 Å². The van der Waals surface area contributed by atoms with Crippen LogP contribution < -0.4 is 0 Å². The second-order valence-corrected chi connectivity index (χ2v) is 10.4. The van der Waals surface area contributed by atoms with Crippen LogP contribution in [0.3, 0.4) is 0 Å². The van der Waals surface area contributed by atoms with Crippen LogP contribution in [0.25, 0.3) is 0 Å². The van der Waals surface area contributed by atoms with Gasteiger partial charge in [-0.25, -0.2) is 0 Å². The minimum Gasteiger partial charge on any atom is -0.368 e. The van der Waals surface area contributed by atoms with E-state index >= 15 is 0 Å². The Morgan fingerprint density at radius 2 is 1.05 bits per heavy atom. The van der Waals surface area contributed by atoms with Gasteiger partial charge in [-0.2, -0.15) is 0 Å². The summed E-state index contributed by atoms with van der Waals surface area (Å²) in [7, 11) is -4.63. The van der Waals surface area contributed by atoms with E-state index in [1.165, 1.54) is 0 Å². The molecule has 0 aromatic heterocycles. The van der Waals surface area contributed by atoms with Crippen LogP contribution in [0.15, 0.2) is 0 Å². The number of rotatable bonds is 12. The molecule has 0 aromatic carbocycles. The zero-order valence-corrected chi connectivity index (χ0v) is 17.2. The van der Waals surface area contributed by atoms with Gasteiger partial charge < -0.3 is 18.8 Å². The Labute approximate surface area is 162 Å². The molecule has 0 saturated heterocycles. The Hall–Kier alpha value is 1.80. The van der Waals surface area contributed by atoms with Gasteiger partial charge in [-0.3, -0.25) is 0 Å². The Balaban J connectivity index is 5.00. The molecular weight excluding hydrogens is 437 g/mol. The Bertz CT molecular complexity index is 270. The molecule has 3 N–H and O–H groups in total. The van der Waals surface area contributed by atoms with Crippen LogP contribution in [0.5, 0.6) is 0 Å². The lowest BCUT2D eigenvalue weighted by atomic mass is 9.76. The summed E-state index contributed by atoms with van der Waals surface area (Å²) >= 11 is 34.7. The van der Waals surface area contributed by atoms with E-state index in [0.29, 0.717) is 38.5 Å². The molecule has 0 bridgehead atoms. The van der Waals surface area contributed by atoms with Crippen molar-refractivity contribution >= 4 is 78.7 Å². The minimum atomic E-state index is -4.63. The van der Waals surface area contributed by atoms with Crippen LogP contribution in [-0.4, -0.2) is 44.6 Å². The maximum atomic E-state index is 9.08. The molecule has 0 rings (SSSR count). The molecule has 11 heteroatoms. The van der Waals surface area contributed by atoms with Gasteiger partial charge in [0, 0.05) is 6.61 Å². The molecular formula is C11H20Cl6O4Si. The first-order valence-electron chi connectivity index (χ1n) is 6.61. The van der Waals surface area contributed by atoms with Crippen molar-refractivity contribution in [1.29, 1.82) is 0 Å². The molecule has 0 aliphatic rings. The molecule has 22 heavy (non-hydrogen) atoms. The molecule has 0 aliphatic carbocycles. The Morgan fingerprint density at radius 1 is 0.727 bits per heavy atom. The Kier molecular flexibility index (Phi) is 12.4. The number of halogens is 6. The average molecular weight is 457 g/mol. The van der Waals surface area contributed by atoms with Crippen molar-refractivity contribution < 1.29 is 18.8 Å². The summed E-state index contributed by atoms with van der Waals surface area (Å²) in [5.74, 6) is 0. The molecule has 0 spiro atoms. The topological polar surface area (TPSA) is 69.9 Å². The molecule has 0 atom stereocenters. The molecule has 0 radical (unpaired) electrons. The highest BCUT2D eigenvalue weighted by molar-refractivity contribution is 6.48. The highest BCUT2D eigenvalue weighted by Gasteiger charge is 2.38. The standard InChI is InChI=1S/C11H20Cl6O4Si/c12-8(13)1-4-11(5-2-9(14)15,6-3-10(16)17)7-21-22(18,19)20/h8-10,18-20H,1-7H2. The zero-order chi connectivity index (χ0) is 17.4. The van der Waals surface area contributed by atoms with E-state index in [4.69, 9.17) is 88.4 Å². The summed E-state index contributed by atoms with van der Waals surface area (Å²) in [6.45, 7) is -0.107. The van der Waals surface area contributed by atoms with Gasteiger partial charge in [0.15, 0.2) is 0 Å². The lowest BCUT2D eigenvalue weighted by molar-refractivity contribution is 0.00868. The van der Waals surface area contributed by atoms with Crippen molar-refractivity contribution in [3.8, 4) is 0 Å². The molecule has 134 valence electrons.